The van der Waals surface area contributed by atoms with Crippen molar-refractivity contribution < 1.29 is 13.9 Å². The molecule has 0 amide bonds. The van der Waals surface area contributed by atoms with E-state index >= 15 is 0 Å². The maximum atomic E-state index is 12.9. The fourth-order valence-corrected chi connectivity index (χ4v) is 2.06. The van der Waals surface area contributed by atoms with Crippen LogP contribution in [0.5, 0.6) is 0 Å². The second-order valence-electron chi connectivity index (χ2n) is 4.36. The van der Waals surface area contributed by atoms with E-state index in [9.17, 15) is 9.18 Å². The SMILES string of the molecule is CCOC(=O)c1cnn(Cc2ccc(F)cc2)c1CC. The normalized spacial score (nSPS) is 10.6. The van der Waals surface area contributed by atoms with E-state index in [1.54, 1.807) is 23.7 Å². The summed E-state index contributed by atoms with van der Waals surface area (Å²) in [6, 6.07) is 6.24. The molecule has 4 nitrogen and oxygen atoms in total. The van der Waals surface area contributed by atoms with E-state index in [2.05, 4.69) is 5.10 Å². The molecule has 0 saturated heterocycles. The van der Waals surface area contributed by atoms with Crippen LogP contribution in [0.25, 0.3) is 0 Å². The van der Waals surface area contributed by atoms with Gasteiger partial charge in [0.05, 0.1) is 25.0 Å². The number of benzene rings is 1. The predicted octanol–water partition coefficient (Wildman–Crippen LogP) is 2.81. The third kappa shape index (κ3) is 3.04. The highest BCUT2D eigenvalue weighted by molar-refractivity contribution is 5.90. The molecule has 0 aliphatic rings. The molecule has 0 aliphatic carbocycles. The lowest BCUT2D eigenvalue weighted by Gasteiger charge is -2.08. The van der Waals surface area contributed by atoms with Crippen LogP contribution < -0.4 is 0 Å². The molecule has 0 N–H and O–H groups in total. The third-order valence-electron chi connectivity index (χ3n) is 3.02. The number of nitrogens with zero attached hydrogens (tertiary/aromatic N) is 2. The van der Waals surface area contributed by atoms with E-state index in [4.69, 9.17) is 4.74 Å². The summed E-state index contributed by atoms with van der Waals surface area (Å²) >= 11 is 0. The molecular weight excluding hydrogens is 259 g/mol. The van der Waals surface area contributed by atoms with Crippen LogP contribution in [0.2, 0.25) is 0 Å². The monoisotopic (exact) mass is 276 g/mol. The minimum atomic E-state index is -0.352. The van der Waals surface area contributed by atoms with Crippen LogP contribution in [0.1, 0.15) is 35.5 Å². The lowest BCUT2D eigenvalue weighted by molar-refractivity contribution is 0.0525. The van der Waals surface area contributed by atoms with Gasteiger partial charge in [0, 0.05) is 0 Å². The summed E-state index contributed by atoms with van der Waals surface area (Å²) in [5.74, 6) is -0.619. The lowest BCUT2D eigenvalue weighted by atomic mass is 10.2. The summed E-state index contributed by atoms with van der Waals surface area (Å²) in [7, 11) is 0. The Hall–Kier alpha value is -2.17. The molecule has 0 saturated carbocycles. The van der Waals surface area contributed by atoms with Gasteiger partial charge in [0.2, 0.25) is 0 Å². The largest absolute Gasteiger partial charge is 0.462 e. The van der Waals surface area contributed by atoms with Crippen molar-refractivity contribution >= 4 is 5.97 Å². The molecule has 2 aromatic rings. The summed E-state index contributed by atoms with van der Waals surface area (Å²) in [6.45, 7) is 4.57. The second kappa shape index (κ2) is 6.32. The van der Waals surface area contributed by atoms with Gasteiger partial charge in [-0.3, -0.25) is 4.68 Å². The first-order chi connectivity index (χ1) is 9.65. The van der Waals surface area contributed by atoms with Crippen molar-refractivity contribution in [3.05, 3.63) is 53.1 Å². The number of esters is 1. The van der Waals surface area contributed by atoms with Gasteiger partial charge in [-0.1, -0.05) is 19.1 Å². The highest BCUT2D eigenvalue weighted by Crippen LogP contribution is 2.14. The predicted molar refractivity (Wildman–Crippen MR) is 73.1 cm³/mol. The Balaban J connectivity index is 2.24. The number of hydrogen-bond acceptors (Lipinski definition) is 3. The highest BCUT2D eigenvalue weighted by Gasteiger charge is 2.17. The minimum absolute atomic E-state index is 0.267. The molecular formula is C15H17FN2O2. The quantitative estimate of drug-likeness (QED) is 0.789. The molecule has 0 atom stereocenters. The Labute approximate surface area is 117 Å². The molecule has 5 heteroatoms. The molecule has 0 radical (unpaired) electrons. The Morgan fingerprint density at radius 2 is 2.00 bits per heavy atom. The van der Waals surface area contributed by atoms with Crippen molar-refractivity contribution in [3.63, 3.8) is 0 Å². The van der Waals surface area contributed by atoms with Gasteiger partial charge in [0.25, 0.3) is 0 Å². The first kappa shape index (κ1) is 14.2. The van der Waals surface area contributed by atoms with Gasteiger partial charge >= 0.3 is 5.97 Å². The number of halogens is 1. The average Bonchev–Trinajstić information content (AvgIpc) is 2.84. The van der Waals surface area contributed by atoms with E-state index in [1.165, 1.54) is 18.3 Å². The Morgan fingerprint density at radius 3 is 2.60 bits per heavy atom. The van der Waals surface area contributed by atoms with Gasteiger partial charge in [-0.05, 0) is 31.0 Å². The van der Waals surface area contributed by atoms with Gasteiger partial charge < -0.3 is 4.74 Å². The van der Waals surface area contributed by atoms with Crippen molar-refractivity contribution in [1.29, 1.82) is 0 Å². The molecule has 0 fully saturated rings. The molecule has 2 rings (SSSR count). The topological polar surface area (TPSA) is 44.1 Å². The Morgan fingerprint density at radius 1 is 1.30 bits per heavy atom. The number of carbonyl (C=O) groups is 1. The van der Waals surface area contributed by atoms with E-state index < -0.39 is 0 Å². The van der Waals surface area contributed by atoms with Crippen molar-refractivity contribution in [3.8, 4) is 0 Å². The number of ether oxygens (including phenoxy) is 1. The molecule has 0 spiro atoms. The van der Waals surface area contributed by atoms with Gasteiger partial charge in [-0.2, -0.15) is 5.10 Å². The van der Waals surface area contributed by atoms with Crippen molar-refractivity contribution in [2.24, 2.45) is 0 Å². The minimum Gasteiger partial charge on any atom is -0.462 e. The van der Waals surface area contributed by atoms with Crippen molar-refractivity contribution in [1.82, 2.24) is 9.78 Å². The zero-order chi connectivity index (χ0) is 14.5. The van der Waals surface area contributed by atoms with Crippen LogP contribution in [0.3, 0.4) is 0 Å². The number of rotatable bonds is 5. The summed E-state index contributed by atoms with van der Waals surface area (Å²) in [4.78, 5) is 11.8. The Bertz CT molecular complexity index is 590. The fraction of sp³-hybridized carbons (Fsp3) is 0.333. The highest BCUT2D eigenvalue weighted by atomic mass is 19.1. The van der Waals surface area contributed by atoms with Crippen LogP contribution in [-0.2, 0) is 17.7 Å². The second-order valence-corrected chi connectivity index (χ2v) is 4.36. The van der Waals surface area contributed by atoms with E-state index in [0.29, 0.717) is 25.1 Å². The summed E-state index contributed by atoms with van der Waals surface area (Å²) < 4.78 is 19.6. The van der Waals surface area contributed by atoms with Gasteiger partial charge in [-0.25, -0.2) is 9.18 Å². The molecule has 1 aromatic heterocycles. The maximum Gasteiger partial charge on any atom is 0.341 e. The van der Waals surface area contributed by atoms with Gasteiger partial charge in [0.15, 0.2) is 0 Å². The number of carbonyl (C=O) groups excluding carboxylic acids is 1. The third-order valence-corrected chi connectivity index (χ3v) is 3.02. The van der Waals surface area contributed by atoms with E-state index in [1.807, 2.05) is 6.92 Å². The van der Waals surface area contributed by atoms with Crippen LogP contribution in [0, 0.1) is 5.82 Å². The first-order valence-electron chi connectivity index (χ1n) is 6.62. The number of aromatic nitrogens is 2. The first-order valence-corrected chi connectivity index (χ1v) is 6.62. The standard InChI is InChI=1S/C15H17FN2O2/c1-3-14-13(15(19)20-4-2)9-17-18(14)10-11-5-7-12(16)8-6-11/h5-9H,3-4,10H2,1-2H3. The van der Waals surface area contributed by atoms with Gasteiger partial charge in [-0.15, -0.1) is 0 Å². The fourth-order valence-electron chi connectivity index (χ4n) is 2.06. The smallest absolute Gasteiger partial charge is 0.341 e. The maximum absolute atomic E-state index is 12.9. The summed E-state index contributed by atoms with van der Waals surface area (Å²) in [6.07, 6.45) is 2.20. The molecule has 106 valence electrons. The summed E-state index contributed by atoms with van der Waals surface area (Å²) in [5, 5.41) is 4.23. The van der Waals surface area contributed by atoms with Crippen molar-refractivity contribution in [2.75, 3.05) is 6.61 Å². The zero-order valence-corrected chi connectivity index (χ0v) is 11.6. The van der Waals surface area contributed by atoms with Crippen LogP contribution in [-0.4, -0.2) is 22.4 Å². The molecule has 0 aliphatic heterocycles. The molecule has 0 unspecified atom stereocenters. The number of hydrogen-bond donors (Lipinski definition) is 0. The molecule has 1 aromatic carbocycles. The van der Waals surface area contributed by atoms with Crippen LogP contribution in [0.15, 0.2) is 30.5 Å². The van der Waals surface area contributed by atoms with Crippen molar-refractivity contribution in [2.45, 2.75) is 26.8 Å². The Kier molecular flexibility index (Phi) is 4.50. The molecule has 1 heterocycles. The van der Waals surface area contributed by atoms with E-state index in [-0.39, 0.29) is 11.8 Å². The average molecular weight is 276 g/mol. The molecule has 20 heavy (non-hydrogen) atoms. The summed E-state index contributed by atoms with van der Waals surface area (Å²) in [5.41, 5.74) is 2.25. The van der Waals surface area contributed by atoms with Gasteiger partial charge in [0.1, 0.15) is 11.4 Å². The van der Waals surface area contributed by atoms with Crippen LogP contribution >= 0.6 is 0 Å². The van der Waals surface area contributed by atoms with Crippen LogP contribution in [0.4, 0.5) is 4.39 Å². The lowest BCUT2D eigenvalue weighted by Crippen LogP contribution is -2.10. The molecule has 0 bridgehead atoms. The zero-order valence-electron chi connectivity index (χ0n) is 11.6. The van der Waals surface area contributed by atoms with E-state index in [0.717, 1.165) is 11.3 Å².